The molecule has 1 aliphatic heterocycles. The molecule has 160 valence electrons. The lowest BCUT2D eigenvalue weighted by molar-refractivity contribution is -0.121. The van der Waals surface area contributed by atoms with E-state index in [0.29, 0.717) is 11.7 Å². The highest BCUT2D eigenvalue weighted by Gasteiger charge is 2.30. The first-order chi connectivity index (χ1) is 14.4. The molecule has 30 heavy (non-hydrogen) atoms. The molecule has 1 amide bonds. The highest BCUT2D eigenvalue weighted by atomic mass is 79.9. The van der Waals surface area contributed by atoms with Gasteiger partial charge < -0.3 is 20.3 Å². The number of halogens is 2. The van der Waals surface area contributed by atoms with Crippen molar-refractivity contribution in [3.63, 3.8) is 0 Å². The Labute approximate surface area is 192 Å². The van der Waals surface area contributed by atoms with Crippen molar-refractivity contribution in [1.29, 1.82) is 0 Å². The Hall–Kier alpha value is -1.87. The number of amides is 1. The van der Waals surface area contributed by atoms with Crippen LogP contribution in [0.3, 0.4) is 0 Å². The molecule has 0 saturated heterocycles. The van der Waals surface area contributed by atoms with Crippen molar-refractivity contribution >= 4 is 60.4 Å². The average Bonchev–Trinajstić information content (AvgIpc) is 3.07. The van der Waals surface area contributed by atoms with Crippen molar-refractivity contribution in [1.82, 2.24) is 15.3 Å². The van der Waals surface area contributed by atoms with Gasteiger partial charge in [-0.15, -0.1) is 0 Å². The molecule has 0 radical (unpaired) electrons. The molecule has 7 nitrogen and oxygen atoms in total. The third-order valence-electron chi connectivity index (χ3n) is 5.43. The number of anilines is 2. The fourth-order valence-electron chi connectivity index (χ4n) is 3.86. The fraction of sp³-hybridized carbons (Fsp3) is 0.476. The zero-order valence-corrected chi connectivity index (χ0v) is 20.1. The van der Waals surface area contributed by atoms with E-state index in [9.17, 15) is 4.79 Å². The zero-order chi connectivity index (χ0) is 21.3. The molecule has 2 heterocycles. The molecular formula is C21H25Br2N5O2. The van der Waals surface area contributed by atoms with Gasteiger partial charge in [-0.05, 0) is 59.8 Å². The molecule has 0 bridgehead atoms. The van der Waals surface area contributed by atoms with Crippen molar-refractivity contribution in [2.24, 2.45) is 0 Å². The van der Waals surface area contributed by atoms with Gasteiger partial charge in [0.2, 0.25) is 5.95 Å². The van der Waals surface area contributed by atoms with Crippen molar-refractivity contribution in [3.8, 4) is 0 Å². The number of carbonyl (C=O) groups excluding carboxylic acids is 1. The summed E-state index contributed by atoms with van der Waals surface area (Å²) in [6.45, 7) is 0. The summed E-state index contributed by atoms with van der Waals surface area (Å²) in [6.07, 6.45) is 5.49. The predicted molar refractivity (Wildman–Crippen MR) is 126 cm³/mol. The minimum Gasteiger partial charge on any atom is -0.472 e. The number of carbonyl (C=O) groups is 1. The Kier molecular flexibility index (Phi) is 6.48. The van der Waals surface area contributed by atoms with Crippen LogP contribution in [0.15, 0.2) is 36.1 Å². The van der Waals surface area contributed by atoms with Crippen molar-refractivity contribution < 1.29 is 9.53 Å². The third kappa shape index (κ3) is 4.72. The minimum absolute atomic E-state index is 0.00666. The molecule has 9 heteroatoms. The van der Waals surface area contributed by atoms with Crippen LogP contribution in [0.2, 0.25) is 0 Å². The molecule has 2 aromatic rings. The summed E-state index contributed by atoms with van der Waals surface area (Å²) in [5.74, 6) is 1.79. The fourth-order valence-corrected chi connectivity index (χ4v) is 4.56. The molecule has 2 N–H and O–H groups in total. The van der Waals surface area contributed by atoms with Crippen LogP contribution in [-0.2, 0) is 9.53 Å². The summed E-state index contributed by atoms with van der Waals surface area (Å²) in [6, 6.07) is 8.49. The SMILES string of the molecule is CN(C)c1nc(NC2CCC(NC(=O)C3=CC(Br)C(Br)O3)CC2)nc2ccccc12. The summed E-state index contributed by atoms with van der Waals surface area (Å²) in [5, 5.41) is 7.43. The first-order valence-corrected chi connectivity index (χ1v) is 11.9. The van der Waals surface area contributed by atoms with Crippen molar-refractivity contribution in [2.75, 3.05) is 24.3 Å². The minimum atomic E-state index is -0.202. The first-order valence-electron chi connectivity index (χ1n) is 10.1. The van der Waals surface area contributed by atoms with Crippen LogP contribution in [0.5, 0.6) is 0 Å². The van der Waals surface area contributed by atoms with Crippen LogP contribution < -0.4 is 15.5 Å². The first kappa shape index (κ1) is 21.4. The smallest absolute Gasteiger partial charge is 0.286 e. The van der Waals surface area contributed by atoms with Gasteiger partial charge in [0.15, 0.2) is 10.8 Å². The standard InChI is InChI=1S/C21H25Br2N5O2/c1-28(2)19-14-5-3-4-6-16(14)26-21(27-19)25-13-9-7-12(8-10-13)24-20(29)17-11-15(22)18(23)30-17/h3-6,11-13,15,18H,7-10H2,1-2H3,(H,24,29)(H,25,26,27). The number of rotatable bonds is 5. The summed E-state index contributed by atoms with van der Waals surface area (Å²) in [7, 11) is 3.98. The molecule has 1 aromatic carbocycles. The highest BCUT2D eigenvalue weighted by Crippen LogP contribution is 2.29. The second kappa shape index (κ2) is 9.09. The number of aromatic nitrogens is 2. The highest BCUT2D eigenvalue weighted by molar-refractivity contribution is 9.12. The number of ether oxygens (including phenoxy) is 1. The Morgan fingerprint density at radius 3 is 2.47 bits per heavy atom. The lowest BCUT2D eigenvalue weighted by Gasteiger charge is -2.30. The monoisotopic (exact) mass is 537 g/mol. The molecule has 0 spiro atoms. The Morgan fingerprint density at radius 1 is 1.10 bits per heavy atom. The molecule has 1 aliphatic carbocycles. The summed E-state index contributed by atoms with van der Waals surface area (Å²) in [4.78, 5) is 23.9. The largest absolute Gasteiger partial charge is 0.472 e. The van der Waals surface area contributed by atoms with Gasteiger partial charge >= 0.3 is 0 Å². The number of hydrogen-bond acceptors (Lipinski definition) is 6. The van der Waals surface area contributed by atoms with E-state index < -0.39 is 0 Å². The van der Waals surface area contributed by atoms with Crippen LogP contribution in [0.4, 0.5) is 11.8 Å². The molecule has 1 fully saturated rings. The zero-order valence-electron chi connectivity index (χ0n) is 16.9. The van der Waals surface area contributed by atoms with Gasteiger partial charge in [-0.2, -0.15) is 4.98 Å². The van der Waals surface area contributed by atoms with E-state index in [-0.39, 0.29) is 27.8 Å². The molecule has 1 aromatic heterocycles. The van der Waals surface area contributed by atoms with E-state index in [4.69, 9.17) is 14.7 Å². The third-order valence-corrected chi connectivity index (χ3v) is 7.64. The second-order valence-corrected chi connectivity index (χ2v) is 9.85. The van der Waals surface area contributed by atoms with Crippen LogP contribution in [-0.4, -0.2) is 51.9 Å². The van der Waals surface area contributed by atoms with Gasteiger partial charge in [0.25, 0.3) is 5.91 Å². The van der Waals surface area contributed by atoms with Crippen LogP contribution >= 0.6 is 31.9 Å². The second-order valence-electron chi connectivity index (χ2n) is 7.89. The lowest BCUT2D eigenvalue weighted by Crippen LogP contribution is -2.41. The van der Waals surface area contributed by atoms with Gasteiger partial charge in [-0.1, -0.05) is 28.1 Å². The quantitative estimate of drug-likeness (QED) is 0.561. The predicted octanol–water partition coefficient (Wildman–Crippen LogP) is 3.93. The van der Waals surface area contributed by atoms with Gasteiger partial charge in [-0.25, -0.2) is 4.98 Å². The number of benzene rings is 1. The molecule has 4 rings (SSSR count). The van der Waals surface area contributed by atoms with Crippen LogP contribution in [0, 0.1) is 0 Å². The van der Waals surface area contributed by atoms with E-state index >= 15 is 0 Å². The maximum absolute atomic E-state index is 12.4. The summed E-state index contributed by atoms with van der Waals surface area (Å²) >= 11 is 6.84. The number of fused-ring (bicyclic) bond motifs is 1. The number of alkyl halides is 2. The van der Waals surface area contributed by atoms with E-state index in [1.807, 2.05) is 43.3 Å². The van der Waals surface area contributed by atoms with Gasteiger partial charge in [0.1, 0.15) is 5.82 Å². The van der Waals surface area contributed by atoms with Gasteiger partial charge in [-0.3, -0.25) is 4.79 Å². The maximum Gasteiger partial charge on any atom is 0.286 e. The number of hydrogen-bond donors (Lipinski definition) is 2. The van der Waals surface area contributed by atoms with E-state index in [2.05, 4.69) is 42.5 Å². The summed E-state index contributed by atoms with van der Waals surface area (Å²) < 4.78 is 5.53. The maximum atomic E-state index is 12.4. The number of para-hydroxylation sites is 1. The van der Waals surface area contributed by atoms with E-state index in [1.54, 1.807) is 6.08 Å². The molecule has 2 unspecified atom stereocenters. The Balaban J connectivity index is 1.35. The van der Waals surface area contributed by atoms with Crippen LogP contribution in [0.1, 0.15) is 25.7 Å². The average molecular weight is 539 g/mol. The van der Waals surface area contributed by atoms with Crippen LogP contribution in [0.25, 0.3) is 10.9 Å². The van der Waals surface area contributed by atoms with Crippen molar-refractivity contribution in [3.05, 3.63) is 36.1 Å². The normalized spacial score (nSPS) is 26.1. The topological polar surface area (TPSA) is 79.4 Å². The van der Waals surface area contributed by atoms with Crippen molar-refractivity contribution in [2.45, 2.75) is 47.6 Å². The Bertz CT molecular complexity index is 960. The molecule has 2 atom stereocenters. The van der Waals surface area contributed by atoms with Gasteiger partial charge in [0, 0.05) is 31.6 Å². The lowest BCUT2D eigenvalue weighted by atomic mass is 9.91. The molecular weight excluding hydrogens is 514 g/mol. The molecule has 1 saturated carbocycles. The Morgan fingerprint density at radius 2 is 1.80 bits per heavy atom. The van der Waals surface area contributed by atoms with E-state index in [0.717, 1.165) is 42.4 Å². The van der Waals surface area contributed by atoms with E-state index in [1.165, 1.54) is 0 Å². The molecule has 2 aliphatic rings. The number of nitrogens with one attached hydrogen (secondary N) is 2. The summed E-state index contributed by atoms with van der Waals surface area (Å²) in [5.41, 5.74) is 0.930. The van der Waals surface area contributed by atoms with Gasteiger partial charge in [0.05, 0.1) is 10.3 Å². The number of nitrogens with zero attached hydrogens (tertiary/aromatic N) is 3.